The zero-order chi connectivity index (χ0) is 22.6. The van der Waals surface area contributed by atoms with Gasteiger partial charge in [0.15, 0.2) is 0 Å². The molecule has 1 aliphatic heterocycles. The number of rotatable bonds is 6. The van der Waals surface area contributed by atoms with Crippen LogP contribution in [0.15, 0.2) is 36.0 Å². The predicted octanol–water partition coefficient (Wildman–Crippen LogP) is 4.51. The minimum absolute atomic E-state index is 0.260. The first-order valence-electron chi connectivity index (χ1n) is 10.3. The van der Waals surface area contributed by atoms with Crippen molar-refractivity contribution in [3.8, 4) is 17.0 Å². The molecular weight excluding hydrogens is 407 g/mol. The van der Waals surface area contributed by atoms with E-state index in [-0.39, 0.29) is 5.75 Å². The van der Waals surface area contributed by atoms with E-state index in [0.29, 0.717) is 17.2 Å². The summed E-state index contributed by atoms with van der Waals surface area (Å²) in [6.07, 6.45) is -1.76. The quantitative estimate of drug-likeness (QED) is 0.721. The second-order valence-corrected chi connectivity index (χ2v) is 7.57. The molecule has 0 atom stereocenters. The van der Waals surface area contributed by atoms with E-state index in [2.05, 4.69) is 28.8 Å². The summed E-state index contributed by atoms with van der Waals surface area (Å²) in [5.41, 5.74) is 3.45. The zero-order valence-corrected chi connectivity index (χ0v) is 18.3. The van der Waals surface area contributed by atoms with Gasteiger partial charge in [-0.1, -0.05) is 12.5 Å². The van der Waals surface area contributed by atoms with Gasteiger partial charge in [0.05, 0.1) is 5.69 Å². The Morgan fingerprint density at radius 3 is 2.42 bits per heavy atom. The number of hydrogen-bond acceptors (Lipinski definition) is 6. The van der Waals surface area contributed by atoms with Gasteiger partial charge in [0.25, 0.3) is 0 Å². The summed E-state index contributed by atoms with van der Waals surface area (Å²) in [6, 6.07) is 5.79. The molecule has 3 rings (SSSR count). The topological polar surface area (TPSA) is 53.5 Å². The van der Waals surface area contributed by atoms with Gasteiger partial charge in [-0.05, 0) is 44.5 Å². The molecule has 1 aromatic heterocycles. The van der Waals surface area contributed by atoms with Crippen molar-refractivity contribution < 1.29 is 17.9 Å². The van der Waals surface area contributed by atoms with Crippen LogP contribution in [0.25, 0.3) is 11.3 Å². The molecule has 0 unspecified atom stereocenters. The number of alkyl halides is 3. The van der Waals surface area contributed by atoms with Crippen LogP contribution in [0.2, 0.25) is 0 Å². The van der Waals surface area contributed by atoms with Crippen molar-refractivity contribution in [3.05, 3.63) is 41.6 Å². The van der Waals surface area contributed by atoms with Gasteiger partial charge in [0, 0.05) is 50.6 Å². The second-order valence-electron chi connectivity index (χ2n) is 7.57. The molecule has 1 N–H and O–H groups in total. The van der Waals surface area contributed by atoms with Gasteiger partial charge in [0.2, 0.25) is 5.95 Å². The van der Waals surface area contributed by atoms with Crippen molar-refractivity contribution in [2.24, 2.45) is 0 Å². The SMILES string of the molecule is CC/C(C)=C/N(C)c1nc(N2CCNCC2)nc(-c2ccc(OC(F)(F)F)cc2)c1C. The molecule has 6 nitrogen and oxygen atoms in total. The summed E-state index contributed by atoms with van der Waals surface area (Å²) in [5, 5.41) is 3.32. The maximum atomic E-state index is 12.5. The molecule has 1 saturated heterocycles. The molecular formula is C22H28F3N5O. The first-order chi connectivity index (χ1) is 14.7. The largest absolute Gasteiger partial charge is 0.573 e. The Kier molecular flexibility index (Phi) is 7.04. The van der Waals surface area contributed by atoms with Gasteiger partial charge >= 0.3 is 6.36 Å². The van der Waals surface area contributed by atoms with Crippen molar-refractivity contribution in [3.63, 3.8) is 0 Å². The fourth-order valence-corrected chi connectivity index (χ4v) is 3.42. The summed E-state index contributed by atoms with van der Waals surface area (Å²) >= 11 is 0. The van der Waals surface area contributed by atoms with Crippen molar-refractivity contribution in [2.45, 2.75) is 33.6 Å². The Balaban J connectivity index is 2.04. The van der Waals surface area contributed by atoms with Gasteiger partial charge < -0.3 is 19.9 Å². The normalized spacial score (nSPS) is 15.2. The number of allylic oxidation sites excluding steroid dienone is 1. The van der Waals surface area contributed by atoms with Gasteiger partial charge in [-0.25, -0.2) is 4.98 Å². The van der Waals surface area contributed by atoms with Crippen LogP contribution in [-0.2, 0) is 0 Å². The molecule has 1 fully saturated rings. The Labute approximate surface area is 180 Å². The molecule has 0 spiro atoms. The van der Waals surface area contributed by atoms with E-state index >= 15 is 0 Å². The highest BCUT2D eigenvalue weighted by molar-refractivity contribution is 5.71. The highest BCUT2D eigenvalue weighted by Crippen LogP contribution is 2.32. The minimum atomic E-state index is -4.72. The van der Waals surface area contributed by atoms with Crippen LogP contribution in [0, 0.1) is 6.92 Å². The van der Waals surface area contributed by atoms with E-state index in [4.69, 9.17) is 9.97 Å². The lowest BCUT2D eigenvalue weighted by Crippen LogP contribution is -2.44. The van der Waals surface area contributed by atoms with Crippen molar-refractivity contribution in [1.29, 1.82) is 0 Å². The van der Waals surface area contributed by atoms with E-state index in [1.165, 1.54) is 17.7 Å². The van der Waals surface area contributed by atoms with Crippen molar-refractivity contribution in [2.75, 3.05) is 43.0 Å². The maximum absolute atomic E-state index is 12.5. The van der Waals surface area contributed by atoms with Crippen LogP contribution < -0.4 is 19.9 Å². The average molecular weight is 435 g/mol. The number of halogens is 3. The number of anilines is 2. The van der Waals surface area contributed by atoms with Crippen molar-refractivity contribution >= 4 is 11.8 Å². The smallest absolute Gasteiger partial charge is 0.406 e. The molecule has 2 aromatic rings. The first-order valence-corrected chi connectivity index (χ1v) is 10.3. The van der Waals surface area contributed by atoms with Gasteiger partial charge in [0.1, 0.15) is 11.6 Å². The maximum Gasteiger partial charge on any atom is 0.573 e. The third-order valence-corrected chi connectivity index (χ3v) is 5.18. The van der Waals surface area contributed by atoms with Crippen LogP contribution in [0.1, 0.15) is 25.8 Å². The fourth-order valence-electron chi connectivity index (χ4n) is 3.42. The molecule has 0 aliphatic carbocycles. The summed E-state index contributed by atoms with van der Waals surface area (Å²) in [6.45, 7) is 9.34. The molecule has 2 heterocycles. The van der Waals surface area contributed by atoms with Crippen LogP contribution in [-0.4, -0.2) is 49.6 Å². The molecule has 0 amide bonds. The Hall–Kier alpha value is -2.81. The van der Waals surface area contributed by atoms with E-state index in [1.54, 1.807) is 12.1 Å². The number of nitrogens with zero attached hydrogens (tertiary/aromatic N) is 4. The number of aromatic nitrogens is 2. The van der Waals surface area contributed by atoms with Crippen LogP contribution in [0.4, 0.5) is 24.9 Å². The minimum Gasteiger partial charge on any atom is -0.406 e. The number of ether oxygens (including phenoxy) is 1. The lowest BCUT2D eigenvalue weighted by molar-refractivity contribution is -0.274. The van der Waals surface area contributed by atoms with E-state index in [0.717, 1.165) is 44.0 Å². The lowest BCUT2D eigenvalue weighted by atomic mass is 10.1. The van der Waals surface area contributed by atoms with E-state index < -0.39 is 6.36 Å². The number of nitrogens with one attached hydrogen (secondary N) is 1. The summed E-state index contributed by atoms with van der Waals surface area (Å²) in [5.74, 6) is 1.12. The zero-order valence-electron chi connectivity index (χ0n) is 18.3. The Bertz CT molecular complexity index is 922. The van der Waals surface area contributed by atoms with E-state index in [9.17, 15) is 13.2 Å². The van der Waals surface area contributed by atoms with Gasteiger partial charge in [-0.3, -0.25) is 0 Å². The predicted molar refractivity (Wildman–Crippen MR) is 116 cm³/mol. The van der Waals surface area contributed by atoms with E-state index in [1.807, 2.05) is 25.1 Å². The van der Waals surface area contributed by atoms with Crippen LogP contribution in [0.3, 0.4) is 0 Å². The summed E-state index contributed by atoms with van der Waals surface area (Å²) in [7, 11) is 1.94. The molecule has 1 aliphatic rings. The van der Waals surface area contributed by atoms with Gasteiger partial charge in [-0.2, -0.15) is 4.98 Å². The first kappa shape index (κ1) is 22.9. The van der Waals surface area contributed by atoms with Crippen LogP contribution >= 0.6 is 0 Å². The highest BCUT2D eigenvalue weighted by atomic mass is 19.4. The number of piperazine rings is 1. The molecule has 1 aromatic carbocycles. The standard InChI is InChI=1S/C22H28F3N5O/c1-5-15(2)14-29(4)20-16(3)19(27-21(28-20)30-12-10-26-11-13-30)17-6-8-18(9-7-17)31-22(23,24)25/h6-9,14,26H,5,10-13H2,1-4H3/b15-14+. The average Bonchev–Trinajstić information content (AvgIpc) is 2.74. The molecule has 0 radical (unpaired) electrons. The lowest BCUT2D eigenvalue weighted by Gasteiger charge is -2.29. The third-order valence-electron chi connectivity index (χ3n) is 5.18. The molecule has 31 heavy (non-hydrogen) atoms. The molecule has 0 bridgehead atoms. The molecule has 9 heteroatoms. The van der Waals surface area contributed by atoms with Gasteiger partial charge in [-0.15, -0.1) is 13.2 Å². The fraction of sp³-hybridized carbons (Fsp3) is 0.455. The van der Waals surface area contributed by atoms with Crippen molar-refractivity contribution in [1.82, 2.24) is 15.3 Å². The molecule has 0 saturated carbocycles. The highest BCUT2D eigenvalue weighted by Gasteiger charge is 2.31. The number of benzene rings is 1. The monoisotopic (exact) mass is 435 g/mol. The van der Waals surface area contributed by atoms with Crippen LogP contribution in [0.5, 0.6) is 5.75 Å². The Morgan fingerprint density at radius 1 is 1.19 bits per heavy atom. The Morgan fingerprint density at radius 2 is 1.84 bits per heavy atom. The summed E-state index contributed by atoms with van der Waals surface area (Å²) < 4.78 is 41.5. The second kappa shape index (κ2) is 9.55. The molecule has 168 valence electrons. The third kappa shape index (κ3) is 5.88. The number of hydrogen-bond donors (Lipinski definition) is 1. The summed E-state index contributed by atoms with van der Waals surface area (Å²) in [4.78, 5) is 13.7.